The van der Waals surface area contributed by atoms with E-state index in [4.69, 9.17) is 0 Å². The minimum Gasteiger partial charge on any atom is -0.340 e. The average Bonchev–Trinajstić information content (AvgIpc) is 2.47. The molecule has 1 fully saturated rings. The molecule has 1 saturated heterocycles. The van der Waals surface area contributed by atoms with Gasteiger partial charge >= 0.3 is 0 Å². The van der Waals surface area contributed by atoms with Gasteiger partial charge in [-0.05, 0) is 19.1 Å². The summed E-state index contributed by atoms with van der Waals surface area (Å²) in [6.07, 6.45) is 0. The zero-order valence-electron chi connectivity index (χ0n) is 12.2. The number of nitrogens with one attached hydrogen (secondary N) is 1. The van der Waals surface area contributed by atoms with E-state index >= 15 is 0 Å². The van der Waals surface area contributed by atoms with E-state index in [1.807, 2.05) is 6.92 Å². The van der Waals surface area contributed by atoms with E-state index < -0.39 is 5.82 Å². The van der Waals surface area contributed by atoms with Crippen LogP contribution in [0.4, 0.5) is 4.39 Å². The molecule has 110 valence electrons. The molecule has 1 aliphatic rings. The number of piperazine rings is 1. The van der Waals surface area contributed by atoms with Crippen molar-refractivity contribution >= 4 is 5.91 Å². The number of benzene rings is 1. The Bertz CT molecular complexity index is 472. The minimum atomic E-state index is -0.449. The van der Waals surface area contributed by atoms with Crippen LogP contribution in [0.5, 0.6) is 0 Å². The molecule has 1 amide bonds. The summed E-state index contributed by atoms with van der Waals surface area (Å²) < 4.78 is 13.7. The van der Waals surface area contributed by atoms with Crippen LogP contribution < -0.4 is 5.32 Å². The molecule has 0 bridgehead atoms. The minimum absolute atomic E-state index is 0.160. The summed E-state index contributed by atoms with van der Waals surface area (Å²) in [7, 11) is 1.73. The molecule has 0 aromatic heterocycles. The Hall–Kier alpha value is -1.46. The third-order valence-electron chi connectivity index (χ3n) is 3.66. The molecule has 0 saturated carbocycles. The first-order valence-corrected chi connectivity index (χ1v) is 7.02. The summed E-state index contributed by atoms with van der Waals surface area (Å²) in [5, 5.41) is 3.29. The Balaban J connectivity index is 1.92. The van der Waals surface area contributed by atoms with E-state index in [-0.39, 0.29) is 11.5 Å². The lowest BCUT2D eigenvalue weighted by atomic mass is 10.1. The fourth-order valence-corrected chi connectivity index (χ4v) is 2.34. The molecule has 1 aromatic carbocycles. The van der Waals surface area contributed by atoms with Gasteiger partial charge in [0.1, 0.15) is 5.82 Å². The molecule has 0 spiro atoms. The van der Waals surface area contributed by atoms with Gasteiger partial charge in [-0.3, -0.25) is 9.69 Å². The highest BCUT2D eigenvalue weighted by Gasteiger charge is 2.17. The van der Waals surface area contributed by atoms with Crippen LogP contribution in [0.3, 0.4) is 0 Å². The predicted octanol–water partition coefficient (Wildman–Crippen LogP) is 1.11. The predicted molar refractivity (Wildman–Crippen MR) is 77.4 cm³/mol. The van der Waals surface area contributed by atoms with Crippen molar-refractivity contribution in [2.75, 3.05) is 46.3 Å². The Morgan fingerprint density at radius 3 is 2.80 bits per heavy atom. The molecular weight excluding hydrogens is 257 g/mol. The van der Waals surface area contributed by atoms with Gasteiger partial charge < -0.3 is 10.2 Å². The second kappa shape index (κ2) is 6.81. The van der Waals surface area contributed by atoms with Crippen LogP contribution >= 0.6 is 0 Å². The maximum absolute atomic E-state index is 13.7. The molecule has 0 atom stereocenters. The summed E-state index contributed by atoms with van der Waals surface area (Å²) in [6.45, 7) is 7.29. The van der Waals surface area contributed by atoms with Crippen LogP contribution in [0.25, 0.3) is 0 Å². The third-order valence-corrected chi connectivity index (χ3v) is 3.66. The molecule has 0 aliphatic carbocycles. The number of hydrogen-bond donors (Lipinski definition) is 1. The Morgan fingerprint density at radius 1 is 1.40 bits per heavy atom. The Labute approximate surface area is 119 Å². The number of amides is 1. The SMILES string of the molecule is Cc1ccc(F)c(C(=O)N(C)CCN2CCNCC2)c1. The van der Waals surface area contributed by atoms with E-state index in [2.05, 4.69) is 10.2 Å². The number of hydrogen-bond acceptors (Lipinski definition) is 3. The van der Waals surface area contributed by atoms with Crippen LogP contribution in [-0.4, -0.2) is 62.0 Å². The second-order valence-corrected chi connectivity index (χ2v) is 5.30. The zero-order chi connectivity index (χ0) is 14.5. The fourth-order valence-electron chi connectivity index (χ4n) is 2.34. The van der Waals surface area contributed by atoms with Crippen molar-refractivity contribution in [2.45, 2.75) is 6.92 Å². The van der Waals surface area contributed by atoms with Crippen LogP contribution in [0, 0.1) is 12.7 Å². The van der Waals surface area contributed by atoms with Gasteiger partial charge in [-0.2, -0.15) is 0 Å². The Kier molecular flexibility index (Phi) is 5.09. The summed E-state index contributed by atoms with van der Waals surface area (Å²) in [5.41, 5.74) is 1.05. The molecule has 4 nitrogen and oxygen atoms in total. The van der Waals surface area contributed by atoms with Gasteiger partial charge in [0.15, 0.2) is 0 Å². The summed E-state index contributed by atoms with van der Waals surface area (Å²) in [6, 6.07) is 4.64. The Morgan fingerprint density at radius 2 is 2.10 bits per heavy atom. The van der Waals surface area contributed by atoms with Gasteiger partial charge in [0.25, 0.3) is 5.91 Å². The average molecular weight is 279 g/mol. The third kappa shape index (κ3) is 3.77. The number of aryl methyl sites for hydroxylation is 1. The van der Waals surface area contributed by atoms with Crippen LogP contribution in [0.1, 0.15) is 15.9 Å². The highest BCUT2D eigenvalue weighted by atomic mass is 19.1. The van der Waals surface area contributed by atoms with Crippen LogP contribution in [-0.2, 0) is 0 Å². The van der Waals surface area contributed by atoms with Gasteiger partial charge in [-0.15, -0.1) is 0 Å². The summed E-state index contributed by atoms with van der Waals surface area (Å²) in [5.74, 6) is -0.698. The van der Waals surface area contributed by atoms with Crippen molar-refractivity contribution in [3.8, 4) is 0 Å². The van der Waals surface area contributed by atoms with Crippen molar-refractivity contribution in [1.82, 2.24) is 15.1 Å². The number of likely N-dealkylation sites (N-methyl/N-ethyl adjacent to an activating group) is 1. The molecule has 2 rings (SSSR count). The lowest BCUT2D eigenvalue weighted by Crippen LogP contribution is -2.46. The van der Waals surface area contributed by atoms with Gasteiger partial charge in [-0.25, -0.2) is 4.39 Å². The molecular formula is C15H22FN3O. The maximum atomic E-state index is 13.7. The fraction of sp³-hybridized carbons (Fsp3) is 0.533. The van der Waals surface area contributed by atoms with Crippen LogP contribution in [0.2, 0.25) is 0 Å². The standard InChI is InChI=1S/C15H22FN3O/c1-12-3-4-14(16)13(11-12)15(20)18(2)9-10-19-7-5-17-6-8-19/h3-4,11,17H,5-10H2,1-2H3. The monoisotopic (exact) mass is 279 g/mol. The quantitative estimate of drug-likeness (QED) is 0.897. The normalized spacial score (nSPS) is 16.1. The van der Waals surface area contributed by atoms with Crippen molar-refractivity contribution in [3.63, 3.8) is 0 Å². The number of carbonyl (C=O) groups excluding carboxylic acids is 1. The van der Waals surface area contributed by atoms with Gasteiger partial charge in [-0.1, -0.05) is 11.6 Å². The van der Waals surface area contributed by atoms with E-state index in [1.54, 1.807) is 24.1 Å². The van der Waals surface area contributed by atoms with Crippen molar-refractivity contribution in [2.24, 2.45) is 0 Å². The van der Waals surface area contributed by atoms with Crippen molar-refractivity contribution in [1.29, 1.82) is 0 Å². The molecule has 1 N–H and O–H groups in total. The van der Waals surface area contributed by atoms with Gasteiger partial charge in [0, 0.05) is 46.3 Å². The molecule has 5 heteroatoms. The summed E-state index contributed by atoms with van der Waals surface area (Å²) in [4.78, 5) is 16.2. The molecule has 0 unspecified atom stereocenters. The van der Waals surface area contributed by atoms with Gasteiger partial charge in [0.2, 0.25) is 0 Å². The number of nitrogens with zero attached hydrogens (tertiary/aromatic N) is 2. The maximum Gasteiger partial charge on any atom is 0.256 e. The van der Waals surface area contributed by atoms with E-state index in [0.717, 1.165) is 38.3 Å². The number of rotatable bonds is 4. The van der Waals surface area contributed by atoms with Crippen molar-refractivity contribution in [3.05, 3.63) is 35.1 Å². The lowest BCUT2D eigenvalue weighted by molar-refractivity contribution is 0.0770. The first-order chi connectivity index (χ1) is 9.58. The topological polar surface area (TPSA) is 35.6 Å². The molecule has 20 heavy (non-hydrogen) atoms. The molecule has 0 radical (unpaired) electrons. The summed E-state index contributed by atoms with van der Waals surface area (Å²) >= 11 is 0. The highest BCUT2D eigenvalue weighted by Crippen LogP contribution is 2.12. The number of carbonyl (C=O) groups is 1. The molecule has 1 aliphatic heterocycles. The smallest absolute Gasteiger partial charge is 0.256 e. The molecule has 1 heterocycles. The molecule has 1 aromatic rings. The lowest BCUT2D eigenvalue weighted by Gasteiger charge is -2.29. The largest absolute Gasteiger partial charge is 0.340 e. The first-order valence-electron chi connectivity index (χ1n) is 7.02. The van der Waals surface area contributed by atoms with E-state index in [1.165, 1.54) is 6.07 Å². The zero-order valence-corrected chi connectivity index (χ0v) is 12.2. The number of halogens is 1. The highest BCUT2D eigenvalue weighted by molar-refractivity contribution is 5.94. The first kappa shape index (κ1) is 14.9. The van der Waals surface area contributed by atoms with Crippen LogP contribution in [0.15, 0.2) is 18.2 Å². The van der Waals surface area contributed by atoms with E-state index in [9.17, 15) is 9.18 Å². The van der Waals surface area contributed by atoms with E-state index in [0.29, 0.717) is 6.54 Å². The second-order valence-electron chi connectivity index (χ2n) is 5.30. The van der Waals surface area contributed by atoms with Crippen molar-refractivity contribution < 1.29 is 9.18 Å². The van der Waals surface area contributed by atoms with Gasteiger partial charge in [0.05, 0.1) is 5.56 Å².